The van der Waals surface area contributed by atoms with Crippen molar-refractivity contribution in [1.29, 1.82) is 0 Å². The zero-order valence-corrected chi connectivity index (χ0v) is 10.4. The molecule has 3 nitrogen and oxygen atoms in total. The Kier molecular flexibility index (Phi) is 2.78. The van der Waals surface area contributed by atoms with Crippen LogP contribution in [0, 0.1) is 5.92 Å². The van der Waals surface area contributed by atoms with Crippen LogP contribution >= 0.6 is 0 Å². The first-order chi connectivity index (χ1) is 7.49. The fraction of sp³-hybridized carbons (Fsp3) is 0.615. The molecule has 0 amide bonds. The summed E-state index contributed by atoms with van der Waals surface area (Å²) < 4.78 is 7.54. The minimum absolute atomic E-state index is 0.0261. The van der Waals surface area contributed by atoms with Gasteiger partial charge in [0.1, 0.15) is 11.9 Å². The van der Waals surface area contributed by atoms with E-state index in [0.717, 1.165) is 17.7 Å². The first-order valence-electron chi connectivity index (χ1n) is 5.90. The van der Waals surface area contributed by atoms with Gasteiger partial charge in [0.2, 0.25) is 0 Å². The Hall–Kier alpha value is -1.25. The lowest BCUT2D eigenvalue weighted by Crippen LogP contribution is -2.20. The summed E-state index contributed by atoms with van der Waals surface area (Å²) in [7, 11) is 0. The predicted molar refractivity (Wildman–Crippen MR) is 64.0 cm³/mol. The predicted octanol–water partition coefficient (Wildman–Crippen LogP) is 2.39. The fourth-order valence-electron chi connectivity index (χ4n) is 2.03. The molecule has 1 unspecified atom stereocenters. The third-order valence-electron chi connectivity index (χ3n) is 3.12. The van der Waals surface area contributed by atoms with E-state index in [4.69, 9.17) is 4.74 Å². The van der Waals surface area contributed by atoms with E-state index in [1.54, 1.807) is 10.6 Å². The number of aromatic nitrogens is 1. The van der Waals surface area contributed by atoms with Gasteiger partial charge in [-0.05, 0) is 19.8 Å². The quantitative estimate of drug-likeness (QED) is 0.767. The van der Waals surface area contributed by atoms with Gasteiger partial charge in [-0.1, -0.05) is 13.8 Å². The largest absolute Gasteiger partial charge is 0.489 e. The van der Waals surface area contributed by atoms with Crippen molar-refractivity contribution in [3.63, 3.8) is 0 Å². The van der Waals surface area contributed by atoms with Crippen LogP contribution in [0.3, 0.4) is 0 Å². The molecule has 1 aliphatic heterocycles. The number of hydrogen-bond donors (Lipinski definition) is 0. The lowest BCUT2D eigenvalue weighted by atomic mass is 10.0. The molecule has 88 valence electrons. The lowest BCUT2D eigenvalue weighted by Gasteiger charge is -2.13. The molecule has 0 aliphatic carbocycles. The molecule has 0 bridgehead atoms. The average molecular weight is 221 g/mol. The molecule has 0 aromatic carbocycles. The molecule has 3 heteroatoms. The Morgan fingerprint density at radius 2 is 2.06 bits per heavy atom. The fourth-order valence-corrected chi connectivity index (χ4v) is 2.03. The van der Waals surface area contributed by atoms with Crippen LogP contribution in [-0.2, 0) is 6.42 Å². The number of ether oxygens (including phenoxy) is 1. The molecule has 16 heavy (non-hydrogen) atoms. The highest BCUT2D eigenvalue weighted by atomic mass is 16.5. The second-order valence-electron chi connectivity index (χ2n) is 5.11. The third-order valence-corrected chi connectivity index (χ3v) is 3.12. The smallest absolute Gasteiger partial charge is 0.254 e. The van der Waals surface area contributed by atoms with Gasteiger partial charge >= 0.3 is 0 Å². The molecule has 1 aliphatic rings. The number of nitrogens with zero attached hydrogens (tertiary/aromatic N) is 1. The molecule has 0 radical (unpaired) electrons. The van der Waals surface area contributed by atoms with E-state index in [9.17, 15) is 4.79 Å². The molecule has 1 aromatic rings. The molecule has 2 heterocycles. The lowest BCUT2D eigenvalue weighted by molar-refractivity contribution is 0.178. The van der Waals surface area contributed by atoms with Crippen molar-refractivity contribution in [2.45, 2.75) is 46.3 Å². The van der Waals surface area contributed by atoms with Crippen molar-refractivity contribution in [2.24, 2.45) is 5.92 Å². The van der Waals surface area contributed by atoms with Crippen LogP contribution in [0.2, 0.25) is 0 Å². The maximum Gasteiger partial charge on any atom is 0.254 e. The summed E-state index contributed by atoms with van der Waals surface area (Å²) >= 11 is 0. The van der Waals surface area contributed by atoms with Crippen LogP contribution in [0.1, 0.15) is 39.3 Å². The topological polar surface area (TPSA) is 31.2 Å². The van der Waals surface area contributed by atoms with Crippen LogP contribution in [0.25, 0.3) is 0 Å². The molecule has 0 N–H and O–H groups in total. The van der Waals surface area contributed by atoms with Crippen molar-refractivity contribution in [3.05, 3.63) is 28.2 Å². The molecule has 2 rings (SSSR count). The standard InChI is InChI=1S/C13H19NO2/c1-8(2)11-5-10-7-14(9(3)4)13(15)6-12(10)16-11/h6-9,11H,5H2,1-4H3. The highest BCUT2D eigenvalue weighted by molar-refractivity contribution is 5.35. The second-order valence-corrected chi connectivity index (χ2v) is 5.11. The Morgan fingerprint density at radius 1 is 1.38 bits per heavy atom. The molecular formula is C13H19NO2. The van der Waals surface area contributed by atoms with Crippen LogP contribution in [-0.4, -0.2) is 10.7 Å². The van der Waals surface area contributed by atoms with E-state index in [2.05, 4.69) is 13.8 Å². The zero-order chi connectivity index (χ0) is 11.9. The zero-order valence-electron chi connectivity index (χ0n) is 10.4. The van der Waals surface area contributed by atoms with Gasteiger partial charge in [-0.3, -0.25) is 4.79 Å². The van der Waals surface area contributed by atoms with Gasteiger partial charge in [-0.25, -0.2) is 0 Å². The Morgan fingerprint density at radius 3 is 2.62 bits per heavy atom. The summed E-state index contributed by atoms with van der Waals surface area (Å²) in [6.45, 7) is 8.32. The summed E-state index contributed by atoms with van der Waals surface area (Å²) in [5.41, 5.74) is 1.19. The van der Waals surface area contributed by atoms with Gasteiger partial charge in [0.15, 0.2) is 0 Å². The van der Waals surface area contributed by atoms with Crippen molar-refractivity contribution in [3.8, 4) is 5.75 Å². The highest BCUT2D eigenvalue weighted by Gasteiger charge is 2.26. The monoisotopic (exact) mass is 221 g/mol. The van der Waals surface area contributed by atoms with Gasteiger partial charge in [-0.15, -0.1) is 0 Å². The second kappa shape index (κ2) is 3.96. The van der Waals surface area contributed by atoms with Gasteiger partial charge in [0.05, 0.1) is 0 Å². The minimum Gasteiger partial charge on any atom is -0.489 e. The maximum atomic E-state index is 11.8. The first kappa shape index (κ1) is 11.2. The maximum absolute atomic E-state index is 11.8. The van der Waals surface area contributed by atoms with Crippen molar-refractivity contribution in [1.82, 2.24) is 4.57 Å². The van der Waals surface area contributed by atoms with Crippen molar-refractivity contribution in [2.75, 3.05) is 0 Å². The van der Waals surface area contributed by atoms with E-state index < -0.39 is 0 Å². The van der Waals surface area contributed by atoms with Gasteiger partial charge in [-0.2, -0.15) is 0 Å². The number of hydrogen-bond acceptors (Lipinski definition) is 2. The van der Waals surface area contributed by atoms with Crippen molar-refractivity contribution >= 4 is 0 Å². The van der Waals surface area contributed by atoms with E-state index >= 15 is 0 Å². The third kappa shape index (κ3) is 1.86. The molecule has 1 aromatic heterocycles. The van der Waals surface area contributed by atoms with E-state index in [0.29, 0.717) is 5.92 Å². The number of rotatable bonds is 2. The summed E-state index contributed by atoms with van der Waals surface area (Å²) in [6, 6.07) is 1.83. The van der Waals surface area contributed by atoms with E-state index in [1.807, 2.05) is 20.0 Å². The molecule has 1 atom stereocenters. The Bertz CT molecular complexity index is 446. The summed E-state index contributed by atoms with van der Waals surface area (Å²) in [4.78, 5) is 11.8. The van der Waals surface area contributed by atoms with Crippen LogP contribution in [0.4, 0.5) is 0 Å². The summed E-state index contributed by atoms with van der Waals surface area (Å²) in [6.07, 6.45) is 3.09. The van der Waals surface area contributed by atoms with E-state index in [1.165, 1.54) is 0 Å². The normalized spacial score (nSPS) is 19.0. The molecule has 0 saturated carbocycles. The van der Waals surface area contributed by atoms with Gasteiger partial charge < -0.3 is 9.30 Å². The molecule has 0 fully saturated rings. The Labute approximate surface area is 96.0 Å². The van der Waals surface area contributed by atoms with Crippen molar-refractivity contribution < 1.29 is 4.74 Å². The SMILES string of the molecule is CC(C)C1Cc2cn(C(C)C)c(=O)cc2O1. The minimum atomic E-state index is 0.0261. The van der Waals surface area contributed by atoms with E-state index in [-0.39, 0.29) is 17.7 Å². The summed E-state index contributed by atoms with van der Waals surface area (Å²) in [5.74, 6) is 1.26. The molecule has 0 saturated heterocycles. The first-order valence-corrected chi connectivity index (χ1v) is 5.90. The molecule has 0 spiro atoms. The summed E-state index contributed by atoms with van der Waals surface area (Å²) in [5, 5.41) is 0. The van der Waals surface area contributed by atoms with Gasteiger partial charge in [0, 0.05) is 30.3 Å². The van der Waals surface area contributed by atoms with Crippen LogP contribution < -0.4 is 10.3 Å². The Balaban J connectivity index is 2.37. The van der Waals surface area contributed by atoms with Crippen LogP contribution in [0.15, 0.2) is 17.1 Å². The number of pyridine rings is 1. The molecular weight excluding hydrogens is 202 g/mol. The van der Waals surface area contributed by atoms with Gasteiger partial charge in [0.25, 0.3) is 5.56 Å². The van der Waals surface area contributed by atoms with Crippen LogP contribution in [0.5, 0.6) is 5.75 Å². The number of fused-ring (bicyclic) bond motifs is 1. The highest BCUT2D eigenvalue weighted by Crippen LogP contribution is 2.30. The average Bonchev–Trinajstić information content (AvgIpc) is 2.58.